The van der Waals surface area contributed by atoms with Crippen LogP contribution in [-0.2, 0) is 14.3 Å². The maximum absolute atomic E-state index is 11.2. The summed E-state index contributed by atoms with van der Waals surface area (Å²) in [4.78, 5) is 11.2. The van der Waals surface area contributed by atoms with Gasteiger partial charge in [0.25, 0.3) is 0 Å². The topological polar surface area (TPSA) is 137 Å². The molecule has 27 heavy (non-hydrogen) atoms. The molecular weight excluding hydrogens is 356 g/mol. The van der Waals surface area contributed by atoms with Gasteiger partial charge in [-0.2, -0.15) is 0 Å². The van der Waals surface area contributed by atoms with Crippen LogP contribution in [0.5, 0.6) is 0 Å². The van der Waals surface area contributed by atoms with Crippen molar-refractivity contribution in [1.29, 1.82) is 0 Å². The van der Waals surface area contributed by atoms with Gasteiger partial charge in [-0.1, -0.05) is 13.8 Å². The second kappa shape index (κ2) is 8.11. The van der Waals surface area contributed by atoms with E-state index in [9.17, 15) is 30.3 Å². The van der Waals surface area contributed by atoms with Crippen molar-refractivity contribution in [3.8, 4) is 0 Å². The van der Waals surface area contributed by atoms with E-state index in [0.717, 1.165) is 0 Å². The first-order valence-corrected chi connectivity index (χ1v) is 9.05. The highest BCUT2D eigenvalue weighted by Crippen LogP contribution is 2.46. The molecule has 0 aromatic rings. The van der Waals surface area contributed by atoms with Crippen molar-refractivity contribution in [2.75, 3.05) is 6.61 Å². The first kappa shape index (κ1) is 22.2. The van der Waals surface area contributed by atoms with Crippen LogP contribution in [0.15, 0.2) is 17.4 Å². The Morgan fingerprint density at radius 2 is 1.85 bits per heavy atom. The van der Waals surface area contributed by atoms with Gasteiger partial charge in [-0.3, -0.25) is 4.79 Å². The van der Waals surface area contributed by atoms with Crippen LogP contribution in [-0.4, -0.2) is 80.3 Å². The molecule has 0 radical (unpaired) electrons. The van der Waals surface area contributed by atoms with Gasteiger partial charge in [0, 0.05) is 18.1 Å². The van der Waals surface area contributed by atoms with E-state index in [1.165, 1.54) is 13.0 Å². The second-order valence-electron chi connectivity index (χ2n) is 8.30. The van der Waals surface area contributed by atoms with Crippen molar-refractivity contribution in [2.45, 2.75) is 82.9 Å². The van der Waals surface area contributed by atoms with Crippen LogP contribution in [0.1, 0.15) is 40.5 Å². The monoisotopic (exact) mass is 386 g/mol. The number of rotatable bonds is 4. The first-order chi connectivity index (χ1) is 12.4. The number of aliphatic hydroxyl groups is 5. The molecule has 1 heterocycles. The highest BCUT2D eigenvalue weighted by Gasteiger charge is 2.49. The molecule has 8 heteroatoms. The molecule has 0 bridgehead atoms. The first-order valence-electron chi connectivity index (χ1n) is 9.05. The lowest BCUT2D eigenvalue weighted by molar-refractivity contribution is -0.316. The SMILES string of the molecule is CC(=O)C=C=C1C(C)(C)C[C@@H](O[C@@H]2O[C@H](CO)[C@@H](O)[C@H](O)[C@H]2O)C[C@@]1(C)O. The van der Waals surface area contributed by atoms with E-state index in [0.29, 0.717) is 12.0 Å². The zero-order valence-electron chi connectivity index (χ0n) is 16.1. The van der Waals surface area contributed by atoms with Gasteiger partial charge in [0.15, 0.2) is 12.1 Å². The molecule has 2 fully saturated rings. The van der Waals surface area contributed by atoms with Crippen molar-refractivity contribution in [1.82, 2.24) is 0 Å². The quantitative estimate of drug-likeness (QED) is 0.320. The number of aliphatic hydroxyl groups excluding tert-OH is 4. The van der Waals surface area contributed by atoms with Crippen LogP contribution in [0.4, 0.5) is 0 Å². The molecule has 1 saturated carbocycles. The van der Waals surface area contributed by atoms with E-state index < -0.39 is 54.4 Å². The van der Waals surface area contributed by atoms with Crippen molar-refractivity contribution in [2.24, 2.45) is 5.41 Å². The summed E-state index contributed by atoms with van der Waals surface area (Å²) in [6, 6.07) is 0. The molecule has 0 unspecified atom stereocenters. The Bertz CT molecular complexity index is 597. The summed E-state index contributed by atoms with van der Waals surface area (Å²) in [7, 11) is 0. The summed E-state index contributed by atoms with van der Waals surface area (Å²) >= 11 is 0. The van der Waals surface area contributed by atoms with Crippen molar-refractivity contribution in [3.63, 3.8) is 0 Å². The van der Waals surface area contributed by atoms with Crippen LogP contribution in [0.3, 0.4) is 0 Å². The summed E-state index contributed by atoms with van der Waals surface area (Å²) in [5, 5.41) is 50.1. The molecule has 0 amide bonds. The van der Waals surface area contributed by atoms with E-state index >= 15 is 0 Å². The summed E-state index contributed by atoms with van der Waals surface area (Å²) < 4.78 is 11.2. The molecular formula is C19H30O8. The van der Waals surface area contributed by atoms with E-state index in [-0.39, 0.29) is 12.2 Å². The number of carbonyl (C=O) groups excluding carboxylic acids is 1. The van der Waals surface area contributed by atoms with Gasteiger partial charge in [-0.25, -0.2) is 0 Å². The third-order valence-electron chi connectivity index (χ3n) is 5.17. The highest BCUT2D eigenvalue weighted by molar-refractivity contribution is 5.87. The minimum atomic E-state index is -1.52. The molecule has 0 aromatic carbocycles. The third kappa shape index (κ3) is 4.85. The Morgan fingerprint density at radius 1 is 1.22 bits per heavy atom. The standard InChI is InChI=1S/C19H30O8/c1-10(21)5-6-13-18(2,3)7-11(8-19(13,4)25)26-17-16(24)15(23)14(22)12(9-20)27-17/h5,11-12,14-17,20,22-25H,7-9H2,1-4H3/t6?,11-,12-,14-,15+,16-,17-,19-/m1/s1. The smallest absolute Gasteiger partial charge is 0.186 e. The van der Waals surface area contributed by atoms with Crippen LogP contribution in [0, 0.1) is 5.41 Å². The Hall–Kier alpha value is -1.09. The Balaban J connectivity index is 2.20. The number of carbonyl (C=O) groups is 1. The highest BCUT2D eigenvalue weighted by atomic mass is 16.7. The number of ketones is 1. The van der Waals surface area contributed by atoms with Gasteiger partial charge >= 0.3 is 0 Å². The van der Waals surface area contributed by atoms with Crippen LogP contribution in [0.25, 0.3) is 0 Å². The summed E-state index contributed by atoms with van der Waals surface area (Å²) in [6.07, 6.45) is -5.40. The maximum Gasteiger partial charge on any atom is 0.186 e. The van der Waals surface area contributed by atoms with E-state index in [1.807, 2.05) is 13.8 Å². The molecule has 7 atom stereocenters. The Kier molecular flexibility index (Phi) is 6.67. The molecule has 1 aliphatic heterocycles. The van der Waals surface area contributed by atoms with E-state index in [4.69, 9.17) is 9.47 Å². The number of ether oxygens (including phenoxy) is 2. The third-order valence-corrected chi connectivity index (χ3v) is 5.17. The lowest BCUT2D eigenvalue weighted by Gasteiger charge is -2.47. The van der Waals surface area contributed by atoms with Gasteiger partial charge in [0.2, 0.25) is 0 Å². The minimum Gasteiger partial charge on any atom is -0.394 e. The molecule has 0 aromatic heterocycles. The maximum atomic E-state index is 11.2. The van der Waals surface area contributed by atoms with Crippen molar-refractivity contribution in [3.05, 3.63) is 17.4 Å². The fourth-order valence-corrected chi connectivity index (χ4v) is 4.01. The predicted octanol–water partition coefficient (Wildman–Crippen LogP) is -0.587. The van der Waals surface area contributed by atoms with Gasteiger partial charge in [-0.05, 0) is 25.7 Å². The fraction of sp³-hybridized carbons (Fsp3) is 0.789. The normalized spacial score (nSPS) is 41.7. The summed E-state index contributed by atoms with van der Waals surface area (Å²) in [5.74, 6) is -0.172. The average Bonchev–Trinajstić information content (AvgIpc) is 2.52. The van der Waals surface area contributed by atoms with E-state index in [1.54, 1.807) is 6.92 Å². The molecule has 1 aliphatic carbocycles. The fourth-order valence-electron chi connectivity index (χ4n) is 4.01. The Labute approximate surface area is 158 Å². The molecule has 154 valence electrons. The zero-order chi connectivity index (χ0) is 20.6. The largest absolute Gasteiger partial charge is 0.394 e. The lowest BCUT2D eigenvalue weighted by atomic mass is 9.65. The summed E-state index contributed by atoms with van der Waals surface area (Å²) in [6.45, 7) is 6.25. The zero-order valence-corrected chi connectivity index (χ0v) is 16.1. The van der Waals surface area contributed by atoms with Gasteiger partial charge < -0.3 is 35.0 Å². The molecule has 2 rings (SSSR count). The minimum absolute atomic E-state index is 0.166. The predicted molar refractivity (Wildman–Crippen MR) is 94.6 cm³/mol. The van der Waals surface area contributed by atoms with E-state index in [2.05, 4.69) is 5.73 Å². The average molecular weight is 386 g/mol. The molecule has 5 N–H and O–H groups in total. The van der Waals surface area contributed by atoms with Crippen LogP contribution in [0.2, 0.25) is 0 Å². The van der Waals surface area contributed by atoms with Crippen molar-refractivity contribution >= 4 is 5.78 Å². The molecule has 8 nitrogen and oxygen atoms in total. The van der Waals surface area contributed by atoms with Crippen LogP contribution >= 0.6 is 0 Å². The lowest BCUT2D eigenvalue weighted by Crippen LogP contribution is -2.60. The molecule has 2 aliphatic rings. The van der Waals surface area contributed by atoms with Gasteiger partial charge in [0.05, 0.1) is 18.3 Å². The van der Waals surface area contributed by atoms with Crippen molar-refractivity contribution < 1.29 is 39.8 Å². The Morgan fingerprint density at radius 3 is 2.37 bits per heavy atom. The second-order valence-corrected chi connectivity index (χ2v) is 8.30. The number of hydrogen-bond donors (Lipinski definition) is 5. The van der Waals surface area contributed by atoms with Crippen LogP contribution < -0.4 is 0 Å². The molecule has 0 spiro atoms. The van der Waals surface area contributed by atoms with Gasteiger partial charge in [-0.15, -0.1) is 5.73 Å². The summed E-state index contributed by atoms with van der Waals surface area (Å²) in [5.41, 5.74) is 1.65. The van der Waals surface area contributed by atoms with Gasteiger partial charge in [0.1, 0.15) is 24.4 Å². The molecule has 1 saturated heterocycles. The number of hydrogen-bond acceptors (Lipinski definition) is 8.